The van der Waals surface area contributed by atoms with Gasteiger partial charge in [0.1, 0.15) is 11.3 Å². The zero-order valence-electron chi connectivity index (χ0n) is 13.3. The van der Waals surface area contributed by atoms with Crippen molar-refractivity contribution in [1.82, 2.24) is 0 Å². The molecule has 0 bridgehead atoms. The number of benzene rings is 2. The van der Waals surface area contributed by atoms with Gasteiger partial charge >= 0.3 is 5.97 Å². The van der Waals surface area contributed by atoms with E-state index in [4.69, 9.17) is 14.3 Å². The maximum atomic E-state index is 13.0. The summed E-state index contributed by atoms with van der Waals surface area (Å²) in [6, 6.07) is 10.3. The van der Waals surface area contributed by atoms with Gasteiger partial charge in [0.2, 0.25) is 0 Å². The van der Waals surface area contributed by atoms with Gasteiger partial charge in [-0.15, -0.1) is 0 Å². The van der Waals surface area contributed by atoms with Gasteiger partial charge in [-0.05, 0) is 54.4 Å². The predicted octanol–water partition coefficient (Wildman–Crippen LogP) is 3.61. The molecule has 0 saturated carbocycles. The van der Waals surface area contributed by atoms with Gasteiger partial charge in [-0.2, -0.15) is 0 Å². The number of furan rings is 1. The molecule has 24 heavy (non-hydrogen) atoms. The Kier molecular flexibility index (Phi) is 4.08. The van der Waals surface area contributed by atoms with E-state index in [1.165, 1.54) is 6.26 Å². The number of fused-ring (bicyclic) bond motifs is 1. The van der Waals surface area contributed by atoms with Crippen molar-refractivity contribution >= 4 is 22.7 Å². The summed E-state index contributed by atoms with van der Waals surface area (Å²) in [5.41, 5.74) is 2.60. The predicted molar refractivity (Wildman–Crippen MR) is 88.7 cm³/mol. The standard InChI is InChI=1S/C19H16O5/c1-11-14(10-16(20)21)9-13-7-8-24-19(13)17(11)18(22)12-3-5-15(23-2)6-4-12/h3-9H,10H2,1-2H3,(H,20,21). The number of carbonyl (C=O) groups is 2. The number of aliphatic carboxylic acids is 1. The highest BCUT2D eigenvalue weighted by Gasteiger charge is 2.21. The largest absolute Gasteiger partial charge is 0.497 e. The Labute approximate surface area is 138 Å². The van der Waals surface area contributed by atoms with Gasteiger partial charge in [-0.1, -0.05) is 0 Å². The quantitative estimate of drug-likeness (QED) is 0.726. The van der Waals surface area contributed by atoms with Gasteiger partial charge < -0.3 is 14.3 Å². The Morgan fingerprint density at radius 2 is 1.88 bits per heavy atom. The van der Waals surface area contributed by atoms with Crippen LogP contribution in [0.1, 0.15) is 27.0 Å². The SMILES string of the molecule is COc1ccc(C(=O)c2c(C)c(CC(=O)O)cc3ccoc23)cc1. The van der Waals surface area contributed by atoms with E-state index in [0.29, 0.717) is 39.0 Å². The summed E-state index contributed by atoms with van der Waals surface area (Å²) >= 11 is 0. The lowest BCUT2D eigenvalue weighted by Gasteiger charge is -2.11. The van der Waals surface area contributed by atoms with Crippen LogP contribution in [0.4, 0.5) is 0 Å². The van der Waals surface area contributed by atoms with Crippen LogP contribution in [0, 0.1) is 6.92 Å². The summed E-state index contributed by atoms with van der Waals surface area (Å²) in [7, 11) is 1.56. The van der Waals surface area contributed by atoms with Crippen molar-refractivity contribution in [3.05, 3.63) is 64.9 Å². The molecular formula is C19H16O5. The van der Waals surface area contributed by atoms with Crippen LogP contribution in [0.5, 0.6) is 5.75 Å². The Morgan fingerprint density at radius 3 is 2.50 bits per heavy atom. The number of carbonyl (C=O) groups excluding carboxylic acids is 1. The molecule has 3 rings (SSSR count). The highest BCUT2D eigenvalue weighted by atomic mass is 16.5. The zero-order chi connectivity index (χ0) is 17.3. The molecule has 0 fully saturated rings. The molecule has 0 saturated heterocycles. The number of ketones is 1. The third-order valence-electron chi connectivity index (χ3n) is 4.03. The van der Waals surface area contributed by atoms with E-state index in [2.05, 4.69) is 0 Å². The van der Waals surface area contributed by atoms with Gasteiger partial charge in [0, 0.05) is 10.9 Å². The zero-order valence-corrected chi connectivity index (χ0v) is 13.3. The molecular weight excluding hydrogens is 308 g/mol. The first-order valence-electron chi connectivity index (χ1n) is 7.41. The minimum absolute atomic E-state index is 0.143. The minimum Gasteiger partial charge on any atom is -0.497 e. The molecule has 0 amide bonds. The first kappa shape index (κ1) is 15.8. The van der Waals surface area contributed by atoms with E-state index in [1.807, 2.05) is 0 Å². The van der Waals surface area contributed by atoms with Crippen molar-refractivity contribution in [3.63, 3.8) is 0 Å². The fraction of sp³-hybridized carbons (Fsp3) is 0.158. The molecule has 122 valence electrons. The number of methoxy groups -OCH3 is 1. The molecule has 0 radical (unpaired) electrons. The third kappa shape index (κ3) is 2.76. The highest BCUT2D eigenvalue weighted by molar-refractivity contribution is 6.16. The number of ether oxygens (including phenoxy) is 1. The van der Waals surface area contributed by atoms with E-state index in [-0.39, 0.29) is 12.2 Å². The average Bonchev–Trinajstić information content (AvgIpc) is 3.02. The van der Waals surface area contributed by atoms with E-state index < -0.39 is 5.97 Å². The summed E-state index contributed by atoms with van der Waals surface area (Å²) in [6.45, 7) is 1.75. The molecule has 0 spiro atoms. The van der Waals surface area contributed by atoms with Gasteiger partial charge in [-0.25, -0.2) is 0 Å². The smallest absolute Gasteiger partial charge is 0.307 e. The van der Waals surface area contributed by atoms with E-state index in [0.717, 1.165) is 0 Å². The van der Waals surface area contributed by atoms with Crippen LogP contribution in [0.2, 0.25) is 0 Å². The topological polar surface area (TPSA) is 76.7 Å². The van der Waals surface area contributed by atoms with Crippen LogP contribution in [0.3, 0.4) is 0 Å². The molecule has 1 heterocycles. The minimum atomic E-state index is -0.941. The van der Waals surface area contributed by atoms with Crippen LogP contribution in [0.15, 0.2) is 47.1 Å². The monoisotopic (exact) mass is 324 g/mol. The summed E-state index contributed by atoms with van der Waals surface area (Å²) in [6.07, 6.45) is 1.36. The number of hydrogen-bond donors (Lipinski definition) is 1. The van der Waals surface area contributed by atoms with Crippen molar-refractivity contribution in [1.29, 1.82) is 0 Å². The molecule has 5 nitrogen and oxygen atoms in total. The molecule has 0 atom stereocenters. The molecule has 0 unspecified atom stereocenters. The third-order valence-corrected chi connectivity index (χ3v) is 4.03. The lowest BCUT2D eigenvalue weighted by molar-refractivity contribution is -0.136. The normalized spacial score (nSPS) is 10.8. The second kappa shape index (κ2) is 6.20. The summed E-state index contributed by atoms with van der Waals surface area (Å²) < 4.78 is 10.6. The fourth-order valence-electron chi connectivity index (χ4n) is 2.77. The first-order chi connectivity index (χ1) is 11.5. The molecule has 0 aliphatic rings. The van der Waals surface area contributed by atoms with Crippen molar-refractivity contribution in [2.24, 2.45) is 0 Å². The molecule has 0 aliphatic carbocycles. The highest BCUT2D eigenvalue weighted by Crippen LogP contribution is 2.29. The molecule has 1 N–H and O–H groups in total. The number of carboxylic acid groups (broad SMARTS) is 1. The van der Waals surface area contributed by atoms with Crippen LogP contribution in [-0.4, -0.2) is 24.0 Å². The number of hydrogen-bond acceptors (Lipinski definition) is 4. The second-order valence-electron chi connectivity index (χ2n) is 5.50. The lowest BCUT2D eigenvalue weighted by Crippen LogP contribution is -2.09. The summed E-state index contributed by atoms with van der Waals surface area (Å²) in [4.78, 5) is 24.1. The fourth-order valence-corrected chi connectivity index (χ4v) is 2.77. The molecule has 1 aromatic heterocycles. The molecule has 3 aromatic rings. The van der Waals surface area contributed by atoms with Crippen LogP contribution in [0.25, 0.3) is 11.0 Å². The van der Waals surface area contributed by atoms with Gasteiger partial charge in [-0.3, -0.25) is 9.59 Å². The molecule has 5 heteroatoms. The van der Waals surface area contributed by atoms with Crippen molar-refractivity contribution in [3.8, 4) is 5.75 Å². The number of carboxylic acids is 1. The first-order valence-corrected chi connectivity index (χ1v) is 7.41. The Bertz CT molecular complexity index is 919. The molecule has 0 aliphatic heterocycles. The molecule has 2 aromatic carbocycles. The van der Waals surface area contributed by atoms with E-state index in [1.54, 1.807) is 50.4 Å². The Balaban J connectivity index is 2.15. The van der Waals surface area contributed by atoms with E-state index in [9.17, 15) is 9.59 Å². The van der Waals surface area contributed by atoms with Crippen LogP contribution < -0.4 is 4.74 Å². The second-order valence-corrected chi connectivity index (χ2v) is 5.50. The summed E-state index contributed by atoms with van der Waals surface area (Å²) in [5.74, 6) is -0.489. The Hall–Kier alpha value is -3.08. The summed E-state index contributed by atoms with van der Waals surface area (Å²) in [5, 5.41) is 9.81. The number of rotatable bonds is 5. The van der Waals surface area contributed by atoms with E-state index >= 15 is 0 Å². The maximum absolute atomic E-state index is 13.0. The van der Waals surface area contributed by atoms with Crippen LogP contribution >= 0.6 is 0 Å². The Morgan fingerprint density at radius 1 is 1.17 bits per heavy atom. The van der Waals surface area contributed by atoms with Crippen molar-refractivity contribution < 1.29 is 23.8 Å². The van der Waals surface area contributed by atoms with Crippen molar-refractivity contribution in [2.75, 3.05) is 7.11 Å². The average molecular weight is 324 g/mol. The van der Waals surface area contributed by atoms with Crippen LogP contribution in [-0.2, 0) is 11.2 Å². The lowest BCUT2D eigenvalue weighted by atomic mass is 9.92. The van der Waals surface area contributed by atoms with Gasteiger partial charge in [0.05, 0.1) is 25.4 Å². The maximum Gasteiger partial charge on any atom is 0.307 e. The van der Waals surface area contributed by atoms with Crippen molar-refractivity contribution in [2.45, 2.75) is 13.3 Å². The van der Waals surface area contributed by atoms with Gasteiger partial charge in [0.15, 0.2) is 5.78 Å². The van der Waals surface area contributed by atoms with Gasteiger partial charge in [0.25, 0.3) is 0 Å².